The second-order valence-electron chi connectivity index (χ2n) is 6.72. The predicted octanol–water partition coefficient (Wildman–Crippen LogP) is 4.32. The maximum Gasteiger partial charge on any atom is 0.259 e. The minimum Gasteiger partial charge on any atom is -0.506 e. The molecule has 0 spiro atoms. The first-order chi connectivity index (χ1) is 12.5. The molecule has 0 saturated heterocycles. The molecule has 0 radical (unpaired) electrons. The summed E-state index contributed by atoms with van der Waals surface area (Å²) >= 11 is 0. The van der Waals surface area contributed by atoms with Crippen LogP contribution in [0.25, 0.3) is 0 Å². The highest BCUT2D eigenvalue weighted by Crippen LogP contribution is 2.26. The van der Waals surface area contributed by atoms with Gasteiger partial charge < -0.3 is 10.4 Å². The molecule has 0 bridgehead atoms. The van der Waals surface area contributed by atoms with Crippen molar-refractivity contribution in [3.63, 3.8) is 0 Å². The first kappa shape index (κ1) is 17.7. The molecule has 5 nitrogen and oxygen atoms in total. The van der Waals surface area contributed by atoms with Crippen molar-refractivity contribution < 1.29 is 9.90 Å². The van der Waals surface area contributed by atoms with Crippen molar-refractivity contribution in [1.29, 1.82) is 0 Å². The fourth-order valence-corrected chi connectivity index (χ4v) is 3.00. The molecular formula is C21H23N3O2. The molecule has 1 aromatic heterocycles. The summed E-state index contributed by atoms with van der Waals surface area (Å²) in [5.74, 6) is -0.0892. The number of phenols is 1. The Morgan fingerprint density at radius 3 is 2.62 bits per heavy atom. The lowest BCUT2D eigenvalue weighted by atomic mass is 10.0. The topological polar surface area (TPSA) is 67.2 Å². The fourth-order valence-electron chi connectivity index (χ4n) is 3.00. The van der Waals surface area contributed by atoms with Gasteiger partial charge >= 0.3 is 0 Å². The van der Waals surface area contributed by atoms with E-state index in [4.69, 9.17) is 0 Å². The first-order valence-corrected chi connectivity index (χ1v) is 8.66. The molecule has 0 unspecified atom stereocenters. The summed E-state index contributed by atoms with van der Waals surface area (Å²) in [6.07, 6.45) is 1.60. The van der Waals surface area contributed by atoms with Gasteiger partial charge in [-0.2, -0.15) is 5.10 Å². The van der Waals surface area contributed by atoms with Gasteiger partial charge in [0.1, 0.15) is 5.75 Å². The molecule has 2 aromatic carbocycles. The monoisotopic (exact) mass is 349 g/mol. The number of carbonyl (C=O) groups is 1. The maximum atomic E-state index is 12.8. The van der Waals surface area contributed by atoms with Gasteiger partial charge in [0.05, 0.1) is 29.7 Å². The summed E-state index contributed by atoms with van der Waals surface area (Å²) < 4.78 is 1.87. The fraction of sp³-hybridized carbons (Fsp3) is 0.238. The van der Waals surface area contributed by atoms with E-state index in [2.05, 4.69) is 10.4 Å². The van der Waals surface area contributed by atoms with Crippen molar-refractivity contribution in [1.82, 2.24) is 9.78 Å². The molecule has 0 atom stereocenters. The third-order valence-corrected chi connectivity index (χ3v) is 4.25. The molecule has 3 rings (SSSR count). The molecule has 26 heavy (non-hydrogen) atoms. The molecule has 1 amide bonds. The van der Waals surface area contributed by atoms with Gasteiger partial charge in [0.25, 0.3) is 5.91 Å². The minimum atomic E-state index is -0.270. The Hall–Kier alpha value is -3.08. The zero-order valence-electron chi connectivity index (χ0n) is 15.2. The molecule has 0 aliphatic carbocycles. The Morgan fingerprint density at radius 1 is 1.19 bits per heavy atom. The summed E-state index contributed by atoms with van der Waals surface area (Å²) in [7, 11) is 0. The number of aryl methyl sites for hydroxylation is 1. The van der Waals surface area contributed by atoms with Crippen LogP contribution < -0.4 is 5.32 Å². The number of hydrogen-bond donors (Lipinski definition) is 2. The van der Waals surface area contributed by atoms with Crippen LogP contribution >= 0.6 is 0 Å². The van der Waals surface area contributed by atoms with E-state index in [1.807, 2.05) is 55.8 Å². The van der Waals surface area contributed by atoms with Gasteiger partial charge in [0.15, 0.2) is 0 Å². The zero-order valence-corrected chi connectivity index (χ0v) is 15.2. The van der Waals surface area contributed by atoms with Crippen molar-refractivity contribution in [2.45, 2.75) is 33.2 Å². The van der Waals surface area contributed by atoms with Crippen LogP contribution in [-0.4, -0.2) is 20.8 Å². The van der Waals surface area contributed by atoms with E-state index in [1.165, 1.54) is 0 Å². The lowest BCUT2D eigenvalue weighted by molar-refractivity contribution is 0.102. The number of nitrogens with zero attached hydrogens (tertiary/aromatic N) is 2. The highest BCUT2D eigenvalue weighted by atomic mass is 16.3. The molecule has 0 fully saturated rings. The summed E-state index contributed by atoms with van der Waals surface area (Å²) in [5, 5.41) is 17.2. The number of aromatic hydroxyl groups is 1. The summed E-state index contributed by atoms with van der Waals surface area (Å²) in [6, 6.07) is 15.1. The van der Waals surface area contributed by atoms with E-state index < -0.39 is 0 Å². The van der Waals surface area contributed by atoms with Gasteiger partial charge in [-0.1, -0.05) is 50.2 Å². The van der Waals surface area contributed by atoms with Crippen molar-refractivity contribution in [3.05, 3.63) is 77.1 Å². The number of aromatic nitrogens is 2. The van der Waals surface area contributed by atoms with Crippen LogP contribution in [-0.2, 0) is 6.54 Å². The standard InChI is InChI=1S/C21H23N3O2/c1-14(2)20-17(12-22-24(20)13-16-7-5-4-6-8-16)21(26)23-18-11-15(3)9-10-19(18)25/h4-12,14,25H,13H2,1-3H3,(H,23,26). The number of carbonyl (C=O) groups excluding carboxylic acids is 1. The average molecular weight is 349 g/mol. The van der Waals surface area contributed by atoms with Crippen LogP contribution in [0.15, 0.2) is 54.7 Å². The van der Waals surface area contributed by atoms with Crippen molar-refractivity contribution in [3.8, 4) is 5.75 Å². The second kappa shape index (κ2) is 7.44. The van der Waals surface area contributed by atoms with E-state index in [0.29, 0.717) is 17.8 Å². The Labute approximate surface area is 153 Å². The normalized spacial score (nSPS) is 10.9. The Balaban J connectivity index is 1.89. The largest absolute Gasteiger partial charge is 0.506 e. The average Bonchev–Trinajstić information content (AvgIpc) is 3.03. The number of phenolic OH excluding ortho intramolecular Hbond substituents is 1. The molecule has 1 heterocycles. The van der Waals surface area contributed by atoms with Crippen LogP contribution in [0.5, 0.6) is 5.75 Å². The summed E-state index contributed by atoms with van der Waals surface area (Å²) in [4.78, 5) is 12.8. The molecule has 2 N–H and O–H groups in total. The van der Waals surface area contributed by atoms with Gasteiger partial charge in [-0.05, 0) is 36.1 Å². The summed E-state index contributed by atoms with van der Waals surface area (Å²) in [5.41, 5.74) is 3.89. The lowest BCUT2D eigenvalue weighted by Gasteiger charge is -2.13. The molecule has 134 valence electrons. The predicted molar refractivity (Wildman–Crippen MR) is 103 cm³/mol. The Morgan fingerprint density at radius 2 is 1.92 bits per heavy atom. The Bertz CT molecular complexity index is 914. The van der Waals surface area contributed by atoms with E-state index >= 15 is 0 Å². The first-order valence-electron chi connectivity index (χ1n) is 8.66. The molecule has 5 heteroatoms. The minimum absolute atomic E-state index is 0.0479. The van der Waals surface area contributed by atoms with Crippen LogP contribution in [0, 0.1) is 6.92 Å². The molecule has 0 aliphatic heterocycles. The van der Waals surface area contributed by atoms with Gasteiger partial charge in [0.2, 0.25) is 0 Å². The van der Waals surface area contributed by atoms with Crippen molar-refractivity contribution >= 4 is 11.6 Å². The van der Waals surface area contributed by atoms with E-state index in [-0.39, 0.29) is 17.6 Å². The maximum absolute atomic E-state index is 12.8. The highest BCUT2D eigenvalue weighted by molar-refractivity contribution is 6.05. The molecule has 0 saturated carbocycles. The Kier molecular flexibility index (Phi) is 5.07. The van der Waals surface area contributed by atoms with E-state index in [0.717, 1.165) is 16.8 Å². The van der Waals surface area contributed by atoms with E-state index in [1.54, 1.807) is 24.4 Å². The number of amides is 1. The van der Waals surface area contributed by atoms with Gasteiger partial charge in [-0.25, -0.2) is 0 Å². The zero-order chi connectivity index (χ0) is 18.7. The van der Waals surface area contributed by atoms with Crippen LogP contribution in [0.3, 0.4) is 0 Å². The molecule has 0 aliphatic rings. The van der Waals surface area contributed by atoms with E-state index in [9.17, 15) is 9.90 Å². The van der Waals surface area contributed by atoms with Crippen LogP contribution in [0.4, 0.5) is 5.69 Å². The van der Waals surface area contributed by atoms with Gasteiger partial charge in [-0.3, -0.25) is 9.48 Å². The smallest absolute Gasteiger partial charge is 0.259 e. The number of nitrogens with one attached hydrogen (secondary N) is 1. The van der Waals surface area contributed by atoms with Crippen LogP contribution in [0.1, 0.15) is 46.9 Å². The highest BCUT2D eigenvalue weighted by Gasteiger charge is 2.21. The van der Waals surface area contributed by atoms with Crippen molar-refractivity contribution in [2.24, 2.45) is 0 Å². The lowest BCUT2D eigenvalue weighted by Crippen LogP contribution is -2.16. The third-order valence-electron chi connectivity index (χ3n) is 4.25. The number of benzene rings is 2. The van der Waals surface area contributed by atoms with Crippen molar-refractivity contribution in [2.75, 3.05) is 5.32 Å². The van der Waals surface area contributed by atoms with Gasteiger partial charge in [-0.15, -0.1) is 0 Å². The number of rotatable bonds is 5. The second-order valence-corrected chi connectivity index (χ2v) is 6.72. The summed E-state index contributed by atoms with van der Waals surface area (Å²) in [6.45, 7) is 6.60. The SMILES string of the molecule is Cc1ccc(O)c(NC(=O)c2cnn(Cc3ccccc3)c2C(C)C)c1. The quantitative estimate of drug-likeness (QED) is 0.674. The van der Waals surface area contributed by atoms with Crippen LogP contribution in [0.2, 0.25) is 0 Å². The third kappa shape index (κ3) is 3.77. The number of hydrogen-bond acceptors (Lipinski definition) is 3. The number of anilines is 1. The van der Waals surface area contributed by atoms with Gasteiger partial charge in [0, 0.05) is 0 Å². The molecule has 3 aromatic rings. The molecular weight excluding hydrogens is 326 g/mol.